The third kappa shape index (κ3) is 2.24. The minimum Gasteiger partial charge on any atom is -0.374 e. The third-order valence-electron chi connectivity index (χ3n) is 1.89. The van der Waals surface area contributed by atoms with Crippen LogP contribution in [0.2, 0.25) is 0 Å². The first-order chi connectivity index (χ1) is 7.16. The van der Waals surface area contributed by atoms with Crippen LogP contribution >= 0.6 is 27.3 Å². The molecule has 0 aliphatic heterocycles. The minimum atomic E-state index is 0.461. The Hall–Kier alpha value is -1.20. The predicted molar refractivity (Wildman–Crippen MR) is 66.6 cm³/mol. The van der Waals surface area contributed by atoms with Crippen molar-refractivity contribution in [1.29, 1.82) is 0 Å². The molecule has 15 heavy (non-hydrogen) atoms. The van der Waals surface area contributed by atoms with Crippen LogP contribution in [0.4, 0.5) is 5.13 Å². The van der Waals surface area contributed by atoms with E-state index in [0.29, 0.717) is 5.13 Å². The van der Waals surface area contributed by atoms with Crippen LogP contribution in [0.1, 0.15) is 10.6 Å². The number of anilines is 1. The van der Waals surface area contributed by atoms with Crippen molar-refractivity contribution in [2.24, 2.45) is 0 Å². The van der Waals surface area contributed by atoms with Crippen LogP contribution in [-0.2, 0) is 0 Å². The molecule has 1 aromatic carbocycles. The van der Waals surface area contributed by atoms with Crippen molar-refractivity contribution in [1.82, 2.24) is 10.2 Å². The lowest BCUT2D eigenvalue weighted by Crippen LogP contribution is -1.85. The molecule has 0 fully saturated rings. The molecule has 76 valence electrons. The van der Waals surface area contributed by atoms with E-state index in [1.54, 1.807) is 0 Å². The zero-order valence-electron chi connectivity index (χ0n) is 7.77. The molecule has 1 heterocycles. The molecule has 0 saturated heterocycles. The van der Waals surface area contributed by atoms with Crippen LogP contribution in [-0.4, -0.2) is 10.2 Å². The first kappa shape index (κ1) is 10.3. The summed E-state index contributed by atoms with van der Waals surface area (Å²) in [6.07, 6.45) is 0. The molecule has 0 aliphatic rings. The molecule has 0 spiro atoms. The van der Waals surface area contributed by atoms with Crippen molar-refractivity contribution in [3.63, 3.8) is 0 Å². The SMILES string of the molecule is C=C(c1ccc(Br)cc1)c1nnc(N)s1. The second-order valence-electron chi connectivity index (χ2n) is 2.93. The lowest BCUT2D eigenvalue weighted by atomic mass is 10.1. The summed E-state index contributed by atoms with van der Waals surface area (Å²) in [5, 5.41) is 8.92. The van der Waals surface area contributed by atoms with Gasteiger partial charge >= 0.3 is 0 Å². The molecule has 0 unspecified atom stereocenters. The number of nitrogens with two attached hydrogens (primary N) is 1. The molecule has 0 amide bonds. The van der Waals surface area contributed by atoms with Gasteiger partial charge < -0.3 is 5.73 Å². The summed E-state index contributed by atoms with van der Waals surface area (Å²) in [5.74, 6) is 0. The molecule has 1 aromatic heterocycles. The molecule has 0 saturated carbocycles. The Morgan fingerprint density at radius 1 is 1.27 bits per heavy atom. The summed E-state index contributed by atoms with van der Waals surface area (Å²) in [4.78, 5) is 0. The summed E-state index contributed by atoms with van der Waals surface area (Å²) in [6.45, 7) is 3.98. The number of hydrogen-bond acceptors (Lipinski definition) is 4. The second kappa shape index (κ2) is 4.12. The van der Waals surface area contributed by atoms with E-state index in [2.05, 4.69) is 32.7 Å². The average molecular weight is 282 g/mol. The van der Waals surface area contributed by atoms with Gasteiger partial charge in [-0.2, -0.15) is 0 Å². The lowest BCUT2D eigenvalue weighted by molar-refractivity contribution is 1.08. The fourth-order valence-electron chi connectivity index (χ4n) is 1.13. The normalized spacial score (nSPS) is 10.2. The smallest absolute Gasteiger partial charge is 0.203 e. The fourth-order valence-corrected chi connectivity index (χ4v) is 2.00. The summed E-state index contributed by atoms with van der Waals surface area (Å²) in [5.41, 5.74) is 7.38. The molecular weight excluding hydrogens is 274 g/mol. The van der Waals surface area contributed by atoms with Crippen LogP contribution in [0, 0.1) is 0 Å². The Morgan fingerprint density at radius 3 is 2.47 bits per heavy atom. The van der Waals surface area contributed by atoms with Crippen LogP contribution in [0.25, 0.3) is 5.57 Å². The van der Waals surface area contributed by atoms with Gasteiger partial charge in [-0.25, -0.2) is 0 Å². The number of nitrogens with zero attached hydrogens (tertiary/aromatic N) is 2. The van der Waals surface area contributed by atoms with E-state index in [-0.39, 0.29) is 0 Å². The van der Waals surface area contributed by atoms with E-state index < -0.39 is 0 Å². The monoisotopic (exact) mass is 281 g/mol. The van der Waals surface area contributed by atoms with Crippen molar-refractivity contribution < 1.29 is 0 Å². The number of benzene rings is 1. The standard InChI is InChI=1S/C10H8BrN3S/c1-6(9-13-14-10(12)15-9)7-2-4-8(11)5-3-7/h2-5H,1H2,(H2,12,14). The minimum absolute atomic E-state index is 0.461. The molecule has 0 aliphatic carbocycles. The van der Waals surface area contributed by atoms with Gasteiger partial charge in [-0.1, -0.05) is 46.0 Å². The number of rotatable bonds is 2. The number of hydrogen-bond donors (Lipinski definition) is 1. The van der Waals surface area contributed by atoms with Crippen molar-refractivity contribution in [2.45, 2.75) is 0 Å². The Balaban J connectivity index is 2.32. The van der Waals surface area contributed by atoms with Crippen molar-refractivity contribution in [2.75, 3.05) is 5.73 Å². The first-order valence-corrected chi connectivity index (χ1v) is 5.82. The molecule has 5 heteroatoms. The summed E-state index contributed by atoms with van der Waals surface area (Å²) < 4.78 is 1.04. The van der Waals surface area contributed by atoms with Crippen LogP contribution in [0.3, 0.4) is 0 Å². The Labute approximate surface area is 99.8 Å². The van der Waals surface area contributed by atoms with Gasteiger partial charge in [-0.3, -0.25) is 0 Å². The van der Waals surface area contributed by atoms with Crippen molar-refractivity contribution in [3.8, 4) is 0 Å². The Bertz CT molecular complexity index is 490. The van der Waals surface area contributed by atoms with Gasteiger partial charge in [0.15, 0.2) is 0 Å². The van der Waals surface area contributed by atoms with Gasteiger partial charge in [-0.15, -0.1) is 10.2 Å². The summed E-state index contributed by atoms with van der Waals surface area (Å²) >= 11 is 4.72. The maximum Gasteiger partial charge on any atom is 0.203 e. The second-order valence-corrected chi connectivity index (χ2v) is 4.86. The first-order valence-electron chi connectivity index (χ1n) is 4.21. The zero-order chi connectivity index (χ0) is 10.8. The van der Waals surface area contributed by atoms with E-state index in [1.165, 1.54) is 11.3 Å². The summed E-state index contributed by atoms with van der Waals surface area (Å²) in [7, 11) is 0. The number of halogens is 1. The van der Waals surface area contributed by atoms with Crippen LogP contribution in [0.15, 0.2) is 35.3 Å². The molecule has 0 radical (unpaired) electrons. The van der Waals surface area contributed by atoms with Gasteiger partial charge in [0.05, 0.1) is 0 Å². The predicted octanol–water partition coefficient (Wildman–Crippen LogP) is 2.94. The molecule has 2 rings (SSSR count). The van der Waals surface area contributed by atoms with Crippen molar-refractivity contribution in [3.05, 3.63) is 45.9 Å². The zero-order valence-corrected chi connectivity index (χ0v) is 10.2. The highest BCUT2D eigenvalue weighted by Gasteiger charge is 2.07. The van der Waals surface area contributed by atoms with Crippen LogP contribution < -0.4 is 5.73 Å². The quantitative estimate of drug-likeness (QED) is 0.921. The molecule has 0 bridgehead atoms. The van der Waals surface area contributed by atoms with E-state index in [0.717, 1.165) is 20.6 Å². The largest absolute Gasteiger partial charge is 0.374 e. The topological polar surface area (TPSA) is 51.8 Å². The van der Waals surface area contributed by atoms with E-state index in [1.807, 2.05) is 24.3 Å². The fraction of sp³-hybridized carbons (Fsp3) is 0. The molecule has 3 nitrogen and oxygen atoms in total. The highest BCUT2D eigenvalue weighted by molar-refractivity contribution is 9.10. The Kier molecular flexibility index (Phi) is 2.83. The highest BCUT2D eigenvalue weighted by Crippen LogP contribution is 2.26. The maximum atomic E-state index is 5.51. The maximum absolute atomic E-state index is 5.51. The van der Waals surface area contributed by atoms with Gasteiger partial charge in [0.2, 0.25) is 5.13 Å². The highest BCUT2D eigenvalue weighted by atomic mass is 79.9. The average Bonchev–Trinajstić information content (AvgIpc) is 2.65. The summed E-state index contributed by atoms with van der Waals surface area (Å²) in [6, 6.07) is 7.88. The Morgan fingerprint density at radius 2 is 1.93 bits per heavy atom. The van der Waals surface area contributed by atoms with Gasteiger partial charge in [0, 0.05) is 10.0 Å². The van der Waals surface area contributed by atoms with Gasteiger partial charge in [0.1, 0.15) is 5.01 Å². The third-order valence-corrected chi connectivity index (χ3v) is 3.23. The lowest BCUT2D eigenvalue weighted by Gasteiger charge is -2.00. The van der Waals surface area contributed by atoms with E-state index >= 15 is 0 Å². The van der Waals surface area contributed by atoms with Gasteiger partial charge in [-0.05, 0) is 17.7 Å². The molecular formula is C10H8BrN3S. The molecule has 2 aromatic rings. The van der Waals surface area contributed by atoms with E-state index in [9.17, 15) is 0 Å². The van der Waals surface area contributed by atoms with Crippen molar-refractivity contribution >= 4 is 38.0 Å². The van der Waals surface area contributed by atoms with E-state index in [4.69, 9.17) is 5.73 Å². The van der Waals surface area contributed by atoms with Gasteiger partial charge in [0.25, 0.3) is 0 Å². The number of nitrogen functional groups attached to an aromatic ring is 1. The molecule has 0 atom stereocenters. The van der Waals surface area contributed by atoms with Crippen LogP contribution in [0.5, 0.6) is 0 Å². The molecule has 2 N–H and O–H groups in total. The number of aromatic nitrogens is 2.